The van der Waals surface area contributed by atoms with Gasteiger partial charge in [-0.1, -0.05) is 91.0 Å². The molecule has 0 aliphatic heterocycles. The summed E-state index contributed by atoms with van der Waals surface area (Å²) in [6.07, 6.45) is 1.74. The molecule has 162 valence electrons. The zero-order valence-electron chi connectivity index (χ0n) is 17.8. The number of allylic oxidation sites excluding steroid dienone is 1. The van der Waals surface area contributed by atoms with Gasteiger partial charge in [-0.3, -0.25) is 14.9 Å². The van der Waals surface area contributed by atoms with Crippen molar-refractivity contribution in [2.24, 2.45) is 0 Å². The zero-order chi connectivity index (χ0) is 23.0. The number of carbonyl (C=O) groups excluding carboxylic acids is 1. The molecule has 5 nitrogen and oxygen atoms in total. The van der Waals surface area contributed by atoms with Crippen molar-refractivity contribution in [3.63, 3.8) is 0 Å². The maximum absolute atomic E-state index is 13.3. The molecule has 0 bridgehead atoms. The maximum atomic E-state index is 13.3. The zero-order valence-corrected chi connectivity index (χ0v) is 17.8. The molecule has 4 aromatic carbocycles. The van der Waals surface area contributed by atoms with Crippen molar-refractivity contribution in [1.29, 1.82) is 0 Å². The van der Waals surface area contributed by atoms with Gasteiger partial charge in [-0.2, -0.15) is 0 Å². The highest BCUT2D eigenvalue weighted by molar-refractivity contribution is 6.32. The van der Waals surface area contributed by atoms with Crippen LogP contribution in [0, 0.1) is 10.1 Å². The summed E-state index contributed by atoms with van der Waals surface area (Å²) in [6, 6.07) is 32.4. The van der Waals surface area contributed by atoms with E-state index in [-0.39, 0.29) is 23.8 Å². The molecule has 0 aliphatic carbocycles. The summed E-state index contributed by atoms with van der Waals surface area (Å²) in [4.78, 5) is 24.4. The monoisotopic (exact) mass is 435 g/mol. The summed E-state index contributed by atoms with van der Waals surface area (Å²) in [5.74, 6) is 0.0177. The third kappa shape index (κ3) is 5.40. The molecule has 0 radical (unpaired) electrons. The van der Waals surface area contributed by atoms with Crippen LogP contribution in [0.5, 0.6) is 5.75 Å². The molecule has 0 saturated carbocycles. The Morgan fingerprint density at radius 2 is 1.36 bits per heavy atom. The molecule has 0 aliphatic rings. The predicted molar refractivity (Wildman–Crippen MR) is 129 cm³/mol. The molecule has 0 atom stereocenters. The smallest absolute Gasteiger partial charge is 0.310 e. The van der Waals surface area contributed by atoms with E-state index in [2.05, 4.69) is 0 Å². The second-order valence-corrected chi connectivity index (χ2v) is 7.38. The third-order valence-corrected chi connectivity index (χ3v) is 5.09. The largest absolute Gasteiger partial charge is 0.482 e. The average molecular weight is 435 g/mol. The molecule has 0 N–H and O–H groups in total. The Hall–Kier alpha value is -4.51. The van der Waals surface area contributed by atoms with Crippen molar-refractivity contribution in [2.45, 2.75) is 6.61 Å². The second kappa shape index (κ2) is 10.2. The van der Waals surface area contributed by atoms with Crippen LogP contribution < -0.4 is 4.74 Å². The molecule has 0 saturated heterocycles. The number of nitro benzene ring substituents is 1. The van der Waals surface area contributed by atoms with Gasteiger partial charge in [0.25, 0.3) is 0 Å². The summed E-state index contributed by atoms with van der Waals surface area (Å²) >= 11 is 0. The third-order valence-electron chi connectivity index (χ3n) is 5.09. The lowest BCUT2D eigenvalue weighted by Gasteiger charge is -2.10. The predicted octanol–water partition coefficient (Wildman–Crippen LogP) is 6.60. The Bertz CT molecular complexity index is 1280. The van der Waals surface area contributed by atoms with Crippen molar-refractivity contribution >= 4 is 23.1 Å². The standard InChI is InChI=1S/C28H21NO4/c30-28(24-14-8-3-9-15-24)25(23-12-6-2-7-13-23)18-22-16-17-26(29(31)32)27(19-22)33-20-21-10-4-1-5-11-21/h1-19H,20H2. The molecular weight excluding hydrogens is 414 g/mol. The molecule has 0 aromatic heterocycles. The number of nitro groups is 1. The number of carbonyl (C=O) groups is 1. The van der Waals surface area contributed by atoms with Crippen LogP contribution in [0.1, 0.15) is 27.0 Å². The van der Waals surface area contributed by atoms with E-state index in [1.54, 1.807) is 30.3 Å². The van der Waals surface area contributed by atoms with Crippen LogP contribution >= 0.6 is 0 Å². The van der Waals surface area contributed by atoms with E-state index in [1.165, 1.54) is 6.07 Å². The Balaban J connectivity index is 1.73. The number of ketones is 1. The van der Waals surface area contributed by atoms with Crippen LogP contribution in [0.25, 0.3) is 11.6 Å². The van der Waals surface area contributed by atoms with Gasteiger partial charge >= 0.3 is 5.69 Å². The molecule has 0 spiro atoms. The summed E-state index contributed by atoms with van der Waals surface area (Å²) in [5, 5.41) is 11.5. The molecule has 4 rings (SSSR count). The first-order valence-corrected chi connectivity index (χ1v) is 10.4. The van der Waals surface area contributed by atoms with Gasteiger partial charge in [-0.05, 0) is 34.9 Å². The second-order valence-electron chi connectivity index (χ2n) is 7.38. The molecule has 0 amide bonds. The summed E-state index contributed by atoms with van der Waals surface area (Å²) in [5.41, 5.74) is 3.22. The van der Waals surface area contributed by atoms with Gasteiger partial charge in [0.05, 0.1) is 4.92 Å². The fourth-order valence-corrected chi connectivity index (χ4v) is 3.43. The summed E-state index contributed by atoms with van der Waals surface area (Å²) in [7, 11) is 0. The minimum absolute atomic E-state index is 0.126. The number of Topliss-reactive ketones (excluding diaryl/α,β-unsaturated/α-hetero) is 1. The molecule has 0 heterocycles. The number of benzene rings is 4. The topological polar surface area (TPSA) is 69.4 Å². The highest BCUT2D eigenvalue weighted by atomic mass is 16.6. The fraction of sp³-hybridized carbons (Fsp3) is 0.0357. The molecule has 4 aromatic rings. The SMILES string of the molecule is O=C(C(=Cc1ccc([N+](=O)[O-])c(OCc2ccccc2)c1)c1ccccc1)c1ccccc1. The van der Waals surface area contributed by atoms with Gasteiger partial charge in [0.15, 0.2) is 11.5 Å². The minimum Gasteiger partial charge on any atom is -0.482 e. The fourth-order valence-electron chi connectivity index (χ4n) is 3.43. The van der Waals surface area contributed by atoms with Crippen LogP contribution in [0.4, 0.5) is 5.69 Å². The Morgan fingerprint density at radius 1 is 0.788 bits per heavy atom. The number of hydrogen-bond acceptors (Lipinski definition) is 4. The van der Waals surface area contributed by atoms with E-state index in [4.69, 9.17) is 4.74 Å². The lowest BCUT2D eigenvalue weighted by atomic mass is 9.94. The van der Waals surface area contributed by atoms with E-state index in [0.29, 0.717) is 16.7 Å². The molecular formula is C28H21NO4. The number of hydrogen-bond donors (Lipinski definition) is 0. The van der Waals surface area contributed by atoms with Crippen LogP contribution in [-0.4, -0.2) is 10.7 Å². The molecule has 0 unspecified atom stereocenters. The molecule has 5 heteroatoms. The number of ether oxygens (including phenoxy) is 1. The van der Waals surface area contributed by atoms with E-state index in [1.807, 2.05) is 78.9 Å². The van der Waals surface area contributed by atoms with Gasteiger partial charge in [-0.25, -0.2) is 0 Å². The van der Waals surface area contributed by atoms with Crippen molar-refractivity contribution in [3.8, 4) is 5.75 Å². The van der Waals surface area contributed by atoms with E-state index >= 15 is 0 Å². The van der Waals surface area contributed by atoms with Gasteiger partial charge in [0.1, 0.15) is 6.61 Å². The van der Waals surface area contributed by atoms with Crippen molar-refractivity contribution in [2.75, 3.05) is 0 Å². The normalized spacial score (nSPS) is 11.1. The first kappa shape index (κ1) is 21.7. The highest BCUT2D eigenvalue weighted by Gasteiger charge is 2.18. The van der Waals surface area contributed by atoms with Crippen LogP contribution in [0.15, 0.2) is 109 Å². The van der Waals surface area contributed by atoms with Gasteiger partial charge in [0.2, 0.25) is 0 Å². The van der Waals surface area contributed by atoms with Crippen LogP contribution in [0.3, 0.4) is 0 Å². The van der Waals surface area contributed by atoms with E-state index in [0.717, 1.165) is 11.1 Å². The number of rotatable bonds is 8. The first-order valence-electron chi connectivity index (χ1n) is 10.4. The lowest BCUT2D eigenvalue weighted by Crippen LogP contribution is -2.03. The van der Waals surface area contributed by atoms with Crippen molar-refractivity contribution in [1.82, 2.24) is 0 Å². The molecule has 0 fully saturated rings. The van der Waals surface area contributed by atoms with Crippen molar-refractivity contribution < 1.29 is 14.5 Å². The van der Waals surface area contributed by atoms with Crippen molar-refractivity contribution in [3.05, 3.63) is 142 Å². The van der Waals surface area contributed by atoms with Crippen LogP contribution in [-0.2, 0) is 6.61 Å². The Kier molecular flexibility index (Phi) is 6.71. The maximum Gasteiger partial charge on any atom is 0.310 e. The summed E-state index contributed by atoms with van der Waals surface area (Å²) < 4.78 is 5.80. The Labute approximate surface area is 191 Å². The average Bonchev–Trinajstić information content (AvgIpc) is 2.87. The quantitative estimate of drug-likeness (QED) is 0.103. The Morgan fingerprint density at radius 3 is 1.97 bits per heavy atom. The minimum atomic E-state index is -0.471. The summed E-state index contributed by atoms with van der Waals surface area (Å²) in [6.45, 7) is 0.198. The van der Waals surface area contributed by atoms with E-state index < -0.39 is 4.92 Å². The van der Waals surface area contributed by atoms with E-state index in [9.17, 15) is 14.9 Å². The van der Waals surface area contributed by atoms with Gasteiger partial charge < -0.3 is 4.74 Å². The lowest BCUT2D eigenvalue weighted by molar-refractivity contribution is -0.385. The van der Waals surface area contributed by atoms with Gasteiger partial charge in [-0.15, -0.1) is 0 Å². The molecule has 33 heavy (non-hydrogen) atoms. The van der Waals surface area contributed by atoms with Crippen LogP contribution in [0.2, 0.25) is 0 Å². The number of nitrogens with zero attached hydrogens (tertiary/aromatic N) is 1. The van der Waals surface area contributed by atoms with Gasteiger partial charge in [0, 0.05) is 17.2 Å². The first-order chi connectivity index (χ1) is 16.1. The highest BCUT2D eigenvalue weighted by Crippen LogP contribution is 2.31.